The molecule has 1 aromatic heterocycles. The van der Waals surface area contributed by atoms with Gasteiger partial charge in [-0.2, -0.15) is 0 Å². The molecule has 0 saturated carbocycles. The lowest BCUT2D eigenvalue weighted by Crippen LogP contribution is -2.28. The van der Waals surface area contributed by atoms with Gasteiger partial charge in [0.05, 0.1) is 14.2 Å². The summed E-state index contributed by atoms with van der Waals surface area (Å²) < 4.78 is 22.6. The van der Waals surface area contributed by atoms with Crippen LogP contribution in [-0.2, 0) is 0 Å². The summed E-state index contributed by atoms with van der Waals surface area (Å²) >= 11 is 0. The normalized spacial score (nSPS) is 11.1. The number of nitrogens with zero attached hydrogens (tertiary/aromatic N) is 1. The second kappa shape index (κ2) is 9.47. The molecule has 0 radical (unpaired) electrons. The summed E-state index contributed by atoms with van der Waals surface area (Å²) in [6.45, 7) is 7.38. The second-order valence-corrected chi connectivity index (χ2v) is 6.58. The maximum Gasteiger partial charge on any atom is 0.197 e. The lowest BCUT2D eigenvalue weighted by atomic mass is 10.1. The van der Waals surface area contributed by atoms with Crippen molar-refractivity contribution in [3.63, 3.8) is 0 Å². The lowest BCUT2D eigenvalue weighted by molar-refractivity contribution is 0.223. The zero-order chi connectivity index (χ0) is 20.8. The largest absolute Gasteiger partial charge is 0.497 e. The van der Waals surface area contributed by atoms with Crippen molar-refractivity contribution in [3.05, 3.63) is 52.7 Å². The number of likely N-dealkylation sites (N-methyl/N-ethyl adjacent to an activating group) is 1. The summed E-state index contributed by atoms with van der Waals surface area (Å²) in [6, 6.07) is 12.3. The van der Waals surface area contributed by atoms with E-state index in [1.165, 1.54) is 6.07 Å². The van der Waals surface area contributed by atoms with Crippen LogP contribution in [0.1, 0.15) is 13.8 Å². The molecule has 0 fully saturated rings. The molecule has 0 saturated heterocycles. The minimum atomic E-state index is -0.155. The van der Waals surface area contributed by atoms with Crippen molar-refractivity contribution in [2.24, 2.45) is 0 Å². The van der Waals surface area contributed by atoms with Gasteiger partial charge in [-0.3, -0.25) is 4.79 Å². The van der Waals surface area contributed by atoms with Crippen molar-refractivity contribution in [2.75, 3.05) is 40.5 Å². The fourth-order valence-corrected chi connectivity index (χ4v) is 3.18. The Hall–Kier alpha value is -2.99. The van der Waals surface area contributed by atoms with E-state index in [4.69, 9.17) is 18.6 Å². The summed E-state index contributed by atoms with van der Waals surface area (Å²) in [5.41, 5.74) is 1.06. The van der Waals surface area contributed by atoms with Crippen LogP contribution in [0.2, 0.25) is 0 Å². The van der Waals surface area contributed by atoms with Gasteiger partial charge in [0.25, 0.3) is 0 Å². The standard InChI is InChI=1S/C23H27NO5/c1-5-24(6-2)11-12-28-21-13-18(27-4)14-22-23(21)19(25)15-20(29-22)16-7-9-17(26-3)10-8-16/h7-10,13-15H,5-6,11-12H2,1-4H3. The van der Waals surface area contributed by atoms with Crippen LogP contribution in [0.4, 0.5) is 0 Å². The third kappa shape index (κ3) is 4.71. The number of ether oxygens (including phenoxy) is 3. The van der Waals surface area contributed by atoms with Crippen LogP contribution >= 0.6 is 0 Å². The Morgan fingerprint density at radius 3 is 2.24 bits per heavy atom. The van der Waals surface area contributed by atoms with Crippen LogP contribution < -0.4 is 19.6 Å². The molecule has 0 amide bonds. The van der Waals surface area contributed by atoms with Crippen LogP contribution in [-0.4, -0.2) is 45.4 Å². The van der Waals surface area contributed by atoms with Gasteiger partial charge in [0, 0.05) is 30.3 Å². The molecule has 0 aliphatic rings. The molecule has 2 aromatic carbocycles. The van der Waals surface area contributed by atoms with Gasteiger partial charge in [0.15, 0.2) is 5.43 Å². The molecule has 6 nitrogen and oxygen atoms in total. The number of methoxy groups -OCH3 is 2. The topological polar surface area (TPSA) is 61.1 Å². The minimum Gasteiger partial charge on any atom is -0.497 e. The van der Waals surface area contributed by atoms with E-state index in [2.05, 4.69) is 18.7 Å². The van der Waals surface area contributed by atoms with Gasteiger partial charge < -0.3 is 23.5 Å². The molecule has 0 spiro atoms. The second-order valence-electron chi connectivity index (χ2n) is 6.58. The molecule has 154 valence electrons. The number of fused-ring (bicyclic) bond motifs is 1. The van der Waals surface area contributed by atoms with E-state index in [1.807, 2.05) is 24.3 Å². The first kappa shape index (κ1) is 20.7. The van der Waals surface area contributed by atoms with Gasteiger partial charge in [-0.05, 0) is 37.4 Å². The van der Waals surface area contributed by atoms with E-state index >= 15 is 0 Å². The summed E-state index contributed by atoms with van der Waals surface area (Å²) in [5.74, 6) is 2.27. The molecule has 0 bridgehead atoms. The molecule has 3 aromatic rings. The Kier molecular flexibility index (Phi) is 6.77. The highest BCUT2D eigenvalue weighted by molar-refractivity contribution is 5.86. The smallest absolute Gasteiger partial charge is 0.197 e. The summed E-state index contributed by atoms with van der Waals surface area (Å²) in [6.07, 6.45) is 0. The van der Waals surface area contributed by atoms with Crippen LogP contribution in [0.3, 0.4) is 0 Å². The zero-order valence-electron chi connectivity index (χ0n) is 17.4. The van der Waals surface area contributed by atoms with Crippen LogP contribution in [0, 0.1) is 0 Å². The maximum absolute atomic E-state index is 12.9. The first-order valence-corrected chi connectivity index (χ1v) is 9.75. The van der Waals surface area contributed by atoms with E-state index in [0.717, 1.165) is 30.9 Å². The fourth-order valence-electron chi connectivity index (χ4n) is 3.18. The van der Waals surface area contributed by atoms with Gasteiger partial charge >= 0.3 is 0 Å². The van der Waals surface area contributed by atoms with Crippen molar-refractivity contribution >= 4 is 11.0 Å². The van der Waals surface area contributed by atoms with Crippen LogP contribution in [0.5, 0.6) is 17.2 Å². The van der Waals surface area contributed by atoms with Gasteiger partial charge in [0.2, 0.25) is 0 Å². The molecule has 29 heavy (non-hydrogen) atoms. The van der Waals surface area contributed by atoms with Crippen molar-refractivity contribution < 1.29 is 18.6 Å². The molecular formula is C23H27NO5. The lowest BCUT2D eigenvalue weighted by Gasteiger charge is -2.18. The molecule has 0 aliphatic heterocycles. The van der Waals surface area contributed by atoms with E-state index in [-0.39, 0.29) is 5.43 Å². The van der Waals surface area contributed by atoms with Gasteiger partial charge in [-0.25, -0.2) is 0 Å². The van der Waals surface area contributed by atoms with Crippen molar-refractivity contribution in [1.29, 1.82) is 0 Å². The number of rotatable bonds is 9. The highest BCUT2D eigenvalue weighted by atomic mass is 16.5. The molecule has 6 heteroatoms. The molecule has 0 N–H and O–H groups in total. The predicted molar refractivity (Wildman–Crippen MR) is 114 cm³/mol. The van der Waals surface area contributed by atoms with Gasteiger partial charge in [-0.15, -0.1) is 0 Å². The minimum absolute atomic E-state index is 0.155. The Morgan fingerprint density at radius 1 is 0.931 bits per heavy atom. The highest BCUT2D eigenvalue weighted by Gasteiger charge is 2.15. The summed E-state index contributed by atoms with van der Waals surface area (Å²) in [4.78, 5) is 15.2. The van der Waals surface area contributed by atoms with E-state index in [0.29, 0.717) is 34.8 Å². The quantitative estimate of drug-likeness (QED) is 0.539. The van der Waals surface area contributed by atoms with Crippen molar-refractivity contribution in [1.82, 2.24) is 4.90 Å². The fraction of sp³-hybridized carbons (Fsp3) is 0.348. The monoisotopic (exact) mass is 397 g/mol. The Balaban J connectivity index is 1.98. The summed E-state index contributed by atoms with van der Waals surface area (Å²) in [5, 5.41) is 0.419. The maximum atomic E-state index is 12.9. The molecule has 0 unspecified atom stereocenters. The molecule has 3 rings (SSSR count). The molecule has 1 heterocycles. The van der Waals surface area contributed by atoms with E-state index < -0.39 is 0 Å². The highest BCUT2D eigenvalue weighted by Crippen LogP contribution is 2.32. The third-order valence-corrected chi connectivity index (χ3v) is 4.94. The SMILES string of the molecule is CCN(CC)CCOc1cc(OC)cc2oc(-c3ccc(OC)cc3)cc(=O)c12. The predicted octanol–water partition coefficient (Wildman–Crippen LogP) is 4.20. The Morgan fingerprint density at radius 2 is 1.62 bits per heavy atom. The third-order valence-electron chi connectivity index (χ3n) is 4.94. The number of benzene rings is 2. The average molecular weight is 397 g/mol. The first-order valence-electron chi connectivity index (χ1n) is 9.75. The van der Waals surface area contributed by atoms with Crippen molar-refractivity contribution in [3.8, 4) is 28.6 Å². The van der Waals surface area contributed by atoms with E-state index in [1.54, 1.807) is 26.4 Å². The zero-order valence-corrected chi connectivity index (χ0v) is 17.4. The van der Waals surface area contributed by atoms with Gasteiger partial charge in [-0.1, -0.05) is 13.8 Å². The summed E-state index contributed by atoms with van der Waals surface area (Å²) in [7, 11) is 3.19. The molecule has 0 atom stereocenters. The molecular weight excluding hydrogens is 370 g/mol. The number of hydrogen-bond donors (Lipinski definition) is 0. The van der Waals surface area contributed by atoms with Gasteiger partial charge in [0.1, 0.15) is 40.6 Å². The van der Waals surface area contributed by atoms with Crippen LogP contribution in [0.25, 0.3) is 22.3 Å². The van der Waals surface area contributed by atoms with E-state index in [9.17, 15) is 4.79 Å². The molecule has 0 aliphatic carbocycles. The van der Waals surface area contributed by atoms with Crippen molar-refractivity contribution in [2.45, 2.75) is 13.8 Å². The van der Waals surface area contributed by atoms with Crippen LogP contribution in [0.15, 0.2) is 51.7 Å². The Bertz CT molecular complexity index is 1010. The number of hydrogen-bond acceptors (Lipinski definition) is 6. The Labute approximate surface area is 170 Å². The first-order chi connectivity index (χ1) is 14.1. The average Bonchev–Trinajstić information content (AvgIpc) is 2.76.